The number of nitrogens with one attached hydrogen (secondary N) is 1. The number of rotatable bonds is 3. The Labute approximate surface area is 151 Å². The second kappa shape index (κ2) is 6.95. The average molecular weight is 348 g/mol. The van der Waals surface area contributed by atoms with Crippen LogP contribution in [0.25, 0.3) is 0 Å². The highest BCUT2D eigenvalue weighted by Gasteiger charge is 2.22. The number of nitrogens with zero attached hydrogens (tertiary/aromatic N) is 5. The molecule has 1 N–H and O–H groups in total. The van der Waals surface area contributed by atoms with Crippen molar-refractivity contribution in [2.45, 2.75) is 26.4 Å². The second-order valence-electron chi connectivity index (χ2n) is 6.38. The largest absolute Gasteiger partial charge is 0.323 e. The van der Waals surface area contributed by atoms with E-state index in [1.165, 1.54) is 0 Å². The van der Waals surface area contributed by atoms with Gasteiger partial charge in [0.05, 0.1) is 18.8 Å². The Hall–Kier alpha value is -3.22. The number of benzene rings is 1. The van der Waals surface area contributed by atoms with Gasteiger partial charge in [-0.1, -0.05) is 30.3 Å². The molecule has 2 amide bonds. The molecule has 1 aliphatic heterocycles. The standard InChI is InChI=1S/C19H20N6O/c1-14-20-11-16-13-24(9-7-17(16)21-14)19(26)22-18-8-10-25(23-18)12-15-5-3-2-4-6-15/h2-6,8,10-11H,7,9,12-13H2,1H3,(H,22,23,26). The Morgan fingerprint density at radius 1 is 1.23 bits per heavy atom. The molecular weight excluding hydrogens is 328 g/mol. The summed E-state index contributed by atoms with van der Waals surface area (Å²) in [6.07, 6.45) is 4.42. The van der Waals surface area contributed by atoms with Crippen molar-refractivity contribution in [3.63, 3.8) is 0 Å². The number of hydrogen-bond donors (Lipinski definition) is 1. The number of aromatic nitrogens is 4. The normalized spacial score (nSPS) is 13.3. The fraction of sp³-hybridized carbons (Fsp3) is 0.263. The zero-order chi connectivity index (χ0) is 17.9. The van der Waals surface area contributed by atoms with Gasteiger partial charge in [-0.3, -0.25) is 10.00 Å². The Balaban J connectivity index is 1.39. The Bertz CT molecular complexity index is 921. The highest BCUT2D eigenvalue weighted by molar-refractivity contribution is 5.88. The zero-order valence-corrected chi connectivity index (χ0v) is 14.6. The van der Waals surface area contributed by atoms with Crippen LogP contribution in [0.1, 0.15) is 22.6 Å². The molecule has 26 heavy (non-hydrogen) atoms. The highest BCUT2D eigenvalue weighted by atomic mass is 16.2. The lowest BCUT2D eigenvalue weighted by Crippen LogP contribution is -2.39. The van der Waals surface area contributed by atoms with Crippen molar-refractivity contribution >= 4 is 11.8 Å². The molecule has 132 valence electrons. The molecule has 0 saturated heterocycles. The molecule has 0 fully saturated rings. The Morgan fingerprint density at radius 2 is 2.08 bits per heavy atom. The predicted molar refractivity (Wildman–Crippen MR) is 97.7 cm³/mol. The van der Waals surface area contributed by atoms with Crippen LogP contribution in [0.3, 0.4) is 0 Å². The van der Waals surface area contributed by atoms with Gasteiger partial charge in [-0.2, -0.15) is 5.10 Å². The van der Waals surface area contributed by atoms with Gasteiger partial charge in [0.15, 0.2) is 5.82 Å². The molecule has 0 atom stereocenters. The number of amides is 2. The summed E-state index contributed by atoms with van der Waals surface area (Å²) in [5, 5.41) is 7.30. The minimum Gasteiger partial charge on any atom is -0.320 e. The van der Waals surface area contributed by atoms with E-state index >= 15 is 0 Å². The maximum Gasteiger partial charge on any atom is 0.323 e. The van der Waals surface area contributed by atoms with Gasteiger partial charge in [0.1, 0.15) is 5.82 Å². The molecule has 0 spiro atoms. The third kappa shape index (κ3) is 3.56. The summed E-state index contributed by atoms with van der Waals surface area (Å²) in [5.74, 6) is 1.32. The first kappa shape index (κ1) is 16.3. The molecule has 0 saturated carbocycles. The van der Waals surface area contributed by atoms with Crippen LogP contribution < -0.4 is 5.32 Å². The van der Waals surface area contributed by atoms with Gasteiger partial charge in [-0.15, -0.1) is 0 Å². The molecule has 0 aliphatic carbocycles. The number of carbonyl (C=O) groups is 1. The summed E-state index contributed by atoms with van der Waals surface area (Å²) in [6.45, 7) is 3.71. The first-order valence-corrected chi connectivity index (χ1v) is 8.62. The van der Waals surface area contributed by atoms with Crippen molar-refractivity contribution < 1.29 is 4.79 Å². The maximum absolute atomic E-state index is 12.5. The number of aryl methyl sites for hydroxylation is 1. The van der Waals surface area contributed by atoms with E-state index in [-0.39, 0.29) is 6.03 Å². The first-order valence-electron chi connectivity index (χ1n) is 8.62. The van der Waals surface area contributed by atoms with E-state index in [1.807, 2.05) is 48.3 Å². The van der Waals surface area contributed by atoms with E-state index in [0.717, 1.165) is 29.1 Å². The summed E-state index contributed by atoms with van der Waals surface area (Å²) in [5.41, 5.74) is 3.21. The summed E-state index contributed by atoms with van der Waals surface area (Å²) in [4.78, 5) is 23.0. The molecule has 2 aromatic heterocycles. The van der Waals surface area contributed by atoms with Gasteiger partial charge in [0, 0.05) is 37.0 Å². The topological polar surface area (TPSA) is 75.9 Å². The van der Waals surface area contributed by atoms with Crippen LogP contribution >= 0.6 is 0 Å². The number of carbonyl (C=O) groups excluding carboxylic acids is 1. The van der Waals surface area contributed by atoms with E-state index in [0.29, 0.717) is 25.5 Å². The van der Waals surface area contributed by atoms with Crippen molar-refractivity contribution in [2.24, 2.45) is 0 Å². The van der Waals surface area contributed by atoms with E-state index in [2.05, 4.69) is 32.5 Å². The molecule has 7 heteroatoms. The lowest BCUT2D eigenvalue weighted by atomic mass is 10.1. The number of urea groups is 1. The Kier molecular flexibility index (Phi) is 4.35. The molecule has 1 aromatic carbocycles. The van der Waals surface area contributed by atoms with E-state index in [4.69, 9.17) is 0 Å². The van der Waals surface area contributed by atoms with Crippen molar-refractivity contribution in [2.75, 3.05) is 11.9 Å². The van der Waals surface area contributed by atoms with Crippen LogP contribution in [0, 0.1) is 6.92 Å². The first-order chi connectivity index (χ1) is 12.7. The SMILES string of the molecule is Cc1ncc2c(n1)CCN(C(=O)Nc1ccn(Cc3ccccc3)n1)C2. The lowest BCUT2D eigenvalue weighted by Gasteiger charge is -2.27. The van der Waals surface area contributed by atoms with Crippen LogP contribution in [0.5, 0.6) is 0 Å². The molecule has 3 heterocycles. The van der Waals surface area contributed by atoms with E-state index in [9.17, 15) is 4.79 Å². The number of hydrogen-bond acceptors (Lipinski definition) is 4. The fourth-order valence-electron chi connectivity index (χ4n) is 3.06. The van der Waals surface area contributed by atoms with Crippen molar-refractivity contribution in [3.05, 3.63) is 71.4 Å². The molecule has 7 nitrogen and oxygen atoms in total. The third-order valence-electron chi connectivity index (χ3n) is 4.40. The lowest BCUT2D eigenvalue weighted by molar-refractivity contribution is 0.205. The third-order valence-corrected chi connectivity index (χ3v) is 4.40. The van der Waals surface area contributed by atoms with Gasteiger partial charge in [-0.25, -0.2) is 14.8 Å². The van der Waals surface area contributed by atoms with Crippen molar-refractivity contribution in [3.8, 4) is 0 Å². The van der Waals surface area contributed by atoms with Gasteiger partial charge >= 0.3 is 6.03 Å². The predicted octanol–water partition coefficient (Wildman–Crippen LogP) is 2.62. The summed E-state index contributed by atoms with van der Waals surface area (Å²) in [6, 6.07) is 11.7. The minimum absolute atomic E-state index is 0.152. The summed E-state index contributed by atoms with van der Waals surface area (Å²) < 4.78 is 1.81. The van der Waals surface area contributed by atoms with Gasteiger partial charge in [0.25, 0.3) is 0 Å². The van der Waals surface area contributed by atoms with Gasteiger partial charge in [-0.05, 0) is 12.5 Å². The average Bonchev–Trinajstić information content (AvgIpc) is 3.08. The monoisotopic (exact) mass is 348 g/mol. The van der Waals surface area contributed by atoms with Crippen LogP contribution in [-0.2, 0) is 19.5 Å². The van der Waals surface area contributed by atoms with Crippen molar-refractivity contribution in [1.82, 2.24) is 24.6 Å². The minimum atomic E-state index is -0.152. The van der Waals surface area contributed by atoms with Crippen LogP contribution in [0.15, 0.2) is 48.8 Å². The molecule has 4 rings (SSSR count). The smallest absolute Gasteiger partial charge is 0.320 e. The summed E-state index contributed by atoms with van der Waals surface area (Å²) in [7, 11) is 0. The molecule has 0 unspecified atom stereocenters. The fourth-order valence-corrected chi connectivity index (χ4v) is 3.06. The summed E-state index contributed by atoms with van der Waals surface area (Å²) >= 11 is 0. The zero-order valence-electron chi connectivity index (χ0n) is 14.6. The van der Waals surface area contributed by atoms with Crippen molar-refractivity contribution in [1.29, 1.82) is 0 Å². The molecule has 0 bridgehead atoms. The number of fused-ring (bicyclic) bond motifs is 1. The molecule has 0 radical (unpaired) electrons. The second-order valence-corrected chi connectivity index (χ2v) is 6.38. The van der Waals surface area contributed by atoms with Gasteiger partial charge in [0.2, 0.25) is 0 Å². The maximum atomic E-state index is 12.5. The molecule has 1 aliphatic rings. The molecular formula is C19H20N6O. The molecule has 3 aromatic rings. The Morgan fingerprint density at radius 3 is 2.92 bits per heavy atom. The quantitative estimate of drug-likeness (QED) is 0.789. The van der Waals surface area contributed by atoms with Crippen LogP contribution in [-0.4, -0.2) is 37.2 Å². The van der Waals surface area contributed by atoms with Gasteiger partial charge < -0.3 is 4.90 Å². The van der Waals surface area contributed by atoms with E-state index in [1.54, 1.807) is 4.90 Å². The van der Waals surface area contributed by atoms with Crippen LogP contribution in [0.4, 0.5) is 10.6 Å². The van der Waals surface area contributed by atoms with Crippen LogP contribution in [0.2, 0.25) is 0 Å². The highest BCUT2D eigenvalue weighted by Crippen LogP contribution is 2.17. The number of anilines is 1. The van der Waals surface area contributed by atoms with E-state index < -0.39 is 0 Å².